The zero-order valence-corrected chi connectivity index (χ0v) is 12.8. The van der Waals surface area contributed by atoms with Gasteiger partial charge in [-0.15, -0.1) is 0 Å². The van der Waals surface area contributed by atoms with Gasteiger partial charge in [0.05, 0.1) is 10.0 Å². The largest absolute Gasteiger partial charge is 0.489 e. The minimum atomic E-state index is 0.425. The number of hydrogen-bond donors (Lipinski definition) is 0. The van der Waals surface area contributed by atoms with Crippen molar-refractivity contribution < 1.29 is 9.53 Å². The zero-order valence-electron chi connectivity index (χ0n) is 11.2. The van der Waals surface area contributed by atoms with Gasteiger partial charge in [-0.3, -0.25) is 4.79 Å². The van der Waals surface area contributed by atoms with Crippen molar-refractivity contribution in [3.63, 3.8) is 0 Å². The van der Waals surface area contributed by atoms with Gasteiger partial charge < -0.3 is 4.74 Å². The van der Waals surface area contributed by atoms with E-state index in [1.807, 2.05) is 26.0 Å². The lowest BCUT2D eigenvalue weighted by Crippen LogP contribution is -2.02. The predicted molar refractivity (Wildman–Crippen MR) is 82.1 cm³/mol. The smallest absolute Gasteiger partial charge is 0.150 e. The van der Waals surface area contributed by atoms with Gasteiger partial charge in [-0.2, -0.15) is 0 Å². The number of carbonyl (C=O) groups excluding carboxylic acids is 1. The van der Waals surface area contributed by atoms with Gasteiger partial charge in [0.2, 0.25) is 0 Å². The number of halogens is 2. The number of carbonyl (C=O) groups is 1. The quantitative estimate of drug-likeness (QED) is 0.743. The Morgan fingerprint density at radius 1 is 1.05 bits per heavy atom. The predicted octanol–water partition coefficient (Wildman–Crippen LogP) is 5.00. The Morgan fingerprint density at radius 3 is 2.25 bits per heavy atom. The van der Waals surface area contributed by atoms with Crippen LogP contribution in [0.3, 0.4) is 0 Å². The maximum Gasteiger partial charge on any atom is 0.150 e. The highest BCUT2D eigenvalue weighted by Gasteiger charge is 2.07. The molecule has 0 aromatic heterocycles. The van der Waals surface area contributed by atoms with Crippen molar-refractivity contribution in [2.45, 2.75) is 20.5 Å². The van der Waals surface area contributed by atoms with E-state index in [1.165, 1.54) is 0 Å². The first-order valence-electron chi connectivity index (χ1n) is 6.14. The van der Waals surface area contributed by atoms with Crippen LogP contribution in [0.25, 0.3) is 0 Å². The van der Waals surface area contributed by atoms with Crippen LogP contribution in [-0.4, -0.2) is 6.29 Å². The molecule has 0 saturated heterocycles. The Balaban J connectivity index is 2.18. The summed E-state index contributed by atoms with van der Waals surface area (Å²) in [5.41, 5.74) is 3.82. The minimum Gasteiger partial charge on any atom is -0.489 e. The molecule has 0 aliphatic heterocycles. The van der Waals surface area contributed by atoms with Gasteiger partial charge in [0.15, 0.2) is 0 Å². The molecule has 0 fully saturated rings. The number of aldehydes is 1. The second-order valence-electron chi connectivity index (χ2n) is 4.62. The first-order valence-corrected chi connectivity index (χ1v) is 6.90. The van der Waals surface area contributed by atoms with Crippen LogP contribution < -0.4 is 4.74 Å². The summed E-state index contributed by atoms with van der Waals surface area (Å²) in [5.74, 6) is 0.665. The van der Waals surface area contributed by atoms with E-state index >= 15 is 0 Å². The molecule has 0 unspecified atom stereocenters. The third kappa shape index (κ3) is 3.33. The highest BCUT2D eigenvalue weighted by atomic mass is 35.5. The molecule has 0 bridgehead atoms. The van der Waals surface area contributed by atoms with E-state index < -0.39 is 0 Å². The summed E-state index contributed by atoms with van der Waals surface area (Å²) in [4.78, 5) is 10.8. The molecule has 0 amide bonds. The second kappa shape index (κ2) is 6.29. The molecule has 0 heterocycles. The minimum absolute atomic E-state index is 0.425. The average molecular weight is 309 g/mol. The van der Waals surface area contributed by atoms with Crippen LogP contribution in [0.2, 0.25) is 10.0 Å². The summed E-state index contributed by atoms with van der Waals surface area (Å²) in [6.07, 6.45) is 0.851. The molecule has 0 radical (unpaired) electrons. The van der Waals surface area contributed by atoms with Gasteiger partial charge in [0.1, 0.15) is 18.6 Å². The number of hydrogen-bond acceptors (Lipinski definition) is 2. The highest BCUT2D eigenvalue weighted by molar-refractivity contribution is 6.42. The summed E-state index contributed by atoms with van der Waals surface area (Å²) in [7, 11) is 0. The fourth-order valence-corrected chi connectivity index (χ4v) is 2.33. The van der Waals surface area contributed by atoms with E-state index in [0.29, 0.717) is 28.0 Å². The van der Waals surface area contributed by atoms with Crippen LogP contribution in [0.15, 0.2) is 30.3 Å². The Bertz CT molecular complexity index is 628. The van der Waals surface area contributed by atoms with Crippen molar-refractivity contribution in [2.24, 2.45) is 0 Å². The maximum absolute atomic E-state index is 10.8. The van der Waals surface area contributed by atoms with Crippen molar-refractivity contribution in [1.29, 1.82) is 0 Å². The molecule has 2 rings (SSSR count). The summed E-state index contributed by atoms with van der Waals surface area (Å²) in [5, 5.41) is 0.968. The lowest BCUT2D eigenvalue weighted by Gasteiger charge is -2.12. The zero-order chi connectivity index (χ0) is 14.7. The number of rotatable bonds is 4. The fourth-order valence-electron chi connectivity index (χ4n) is 2.04. The molecule has 0 saturated carbocycles. The summed E-state index contributed by atoms with van der Waals surface area (Å²) in [6, 6.07) is 8.88. The number of ether oxygens (including phenoxy) is 1. The average Bonchev–Trinajstić information content (AvgIpc) is 2.41. The Kier molecular flexibility index (Phi) is 4.69. The van der Waals surface area contributed by atoms with Crippen LogP contribution in [-0.2, 0) is 6.61 Å². The lowest BCUT2D eigenvalue weighted by atomic mass is 10.0. The molecule has 0 aliphatic carbocycles. The normalized spacial score (nSPS) is 10.4. The summed E-state index contributed by atoms with van der Waals surface area (Å²) < 4.78 is 5.73. The van der Waals surface area contributed by atoms with Crippen LogP contribution >= 0.6 is 23.2 Å². The topological polar surface area (TPSA) is 26.3 Å². The van der Waals surface area contributed by atoms with E-state index in [9.17, 15) is 4.79 Å². The summed E-state index contributed by atoms with van der Waals surface area (Å²) in [6.45, 7) is 4.36. The SMILES string of the molecule is Cc1cc(C=O)cc(C)c1COc1ccc(Cl)c(Cl)c1. The first-order chi connectivity index (χ1) is 9.51. The molecule has 0 aliphatic rings. The molecule has 4 heteroatoms. The molecular weight excluding hydrogens is 295 g/mol. The molecule has 0 atom stereocenters. The third-order valence-corrected chi connectivity index (χ3v) is 3.87. The molecule has 0 spiro atoms. The van der Waals surface area contributed by atoms with Crippen LogP contribution in [0.5, 0.6) is 5.75 Å². The van der Waals surface area contributed by atoms with Gasteiger partial charge in [-0.05, 0) is 54.8 Å². The highest BCUT2D eigenvalue weighted by Crippen LogP contribution is 2.27. The molecule has 104 valence electrons. The van der Waals surface area contributed by atoms with Crippen molar-refractivity contribution in [3.05, 3.63) is 62.6 Å². The van der Waals surface area contributed by atoms with E-state index in [0.717, 1.165) is 23.0 Å². The Morgan fingerprint density at radius 2 is 1.70 bits per heavy atom. The van der Waals surface area contributed by atoms with E-state index in [4.69, 9.17) is 27.9 Å². The summed E-state index contributed by atoms with van der Waals surface area (Å²) >= 11 is 11.8. The van der Waals surface area contributed by atoms with Gasteiger partial charge in [-0.1, -0.05) is 23.2 Å². The number of benzene rings is 2. The molecule has 0 N–H and O–H groups in total. The van der Waals surface area contributed by atoms with Crippen LogP contribution in [0.1, 0.15) is 27.0 Å². The standard InChI is InChI=1S/C16H14Cl2O2/c1-10-5-12(8-19)6-11(2)14(10)9-20-13-3-4-15(17)16(18)7-13/h3-8H,9H2,1-2H3. The van der Waals surface area contributed by atoms with Gasteiger partial charge in [0, 0.05) is 11.6 Å². The van der Waals surface area contributed by atoms with Crippen molar-refractivity contribution in [1.82, 2.24) is 0 Å². The van der Waals surface area contributed by atoms with Crippen molar-refractivity contribution in [2.75, 3.05) is 0 Å². The molecular formula is C16H14Cl2O2. The Labute approximate surface area is 128 Å². The molecule has 2 aromatic carbocycles. The van der Waals surface area contributed by atoms with E-state index in [2.05, 4.69) is 0 Å². The van der Waals surface area contributed by atoms with E-state index in [-0.39, 0.29) is 0 Å². The van der Waals surface area contributed by atoms with Crippen molar-refractivity contribution >= 4 is 29.5 Å². The second-order valence-corrected chi connectivity index (χ2v) is 5.43. The third-order valence-electron chi connectivity index (χ3n) is 3.13. The Hall–Kier alpha value is -1.51. The van der Waals surface area contributed by atoms with Gasteiger partial charge >= 0.3 is 0 Å². The van der Waals surface area contributed by atoms with Crippen molar-refractivity contribution in [3.8, 4) is 5.75 Å². The first kappa shape index (κ1) is 14.9. The van der Waals surface area contributed by atoms with E-state index in [1.54, 1.807) is 18.2 Å². The van der Waals surface area contributed by atoms with Gasteiger partial charge in [0.25, 0.3) is 0 Å². The molecule has 2 nitrogen and oxygen atoms in total. The maximum atomic E-state index is 10.8. The van der Waals surface area contributed by atoms with Crippen LogP contribution in [0.4, 0.5) is 0 Å². The number of aryl methyl sites for hydroxylation is 2. The van der Waals surface area contributed by atoms with Gasteiger partial charge in [-0.25, -0.2) is 0 Å². The monoisotopic (exact) mass is 308 g/mol. The fraction of sp³-hybridized carbons (Fsp3) is 0.188. The molecule has 2 aromatic rings. The lowest BCUT2D eigenvalue weighted by molar-refractivity contribution is 0.112. The molecule has 20 heavy (non-hydrogen) atoms. The van der Waals surface area contributed by atoms with Crippen LogP contribution in [0, 0.1) is 13.8 Å².